The number of thiocarbonyl (C=S) groups is 1. The van der Waals surface area contributed by atoms with E-state index in [1.807, 2.05) is 36.5 Å². The summed E-state index contributed by atoms with van der Waals surface area (Å²) in [6.07, 6.45) is 4.21. The molecule has 3 aromatic rings. The Morgan fingerprint density at radius 2 is 1.91 bits per heavy atom. The number of thiophene rings is 1. The highest BCUT2D eigenvalue weighted by atomic mass is 35.5. The Morgan fingerprint density at radius 3 is 2.56 bits per heavy atom. The van der Waals surface area contributed by atoms with Crippen molar-refractivity contribution in [2.75, 3.05) is 22.9 Å². The second-order valence-corrected chi connectivity index (χ2v) is 11.0. The lowest BCUT2D eigenvalue weighted by Gasteiger charge is -2.33. The summed E-state index contributed by atoms with van der Waals surface area (Å²) in [5, 5.41) is 4.90. The maximum atomic E-state index is 6.81. The number of aromatic nitrogens is 1. The number of piperidine rings is 1. The number of rotatable bonds is 4. The fourth-order valence-corrected chi connectivity index (χ4v) is 6.39. The number of nitrogens with zero attached hydrogens (tertiary/aromatic N) is 3. The molecule has 4 heterocycles. The van der Waals surface area contributed by atoms with Crippen LogP contribution in [0.3, 0.4) is 0 Å². The zero-order valence-corrected chi connectivity index (χ0v) is 20.8. The van der Waals surface area contributed by atoms with Gasteiger partial charge >= 0.3 is 0 Å². The van der Waals surface area contributed by atoms with Crippen LogP contribution in [-0.2, 0) is 0 Å². The van der Waals surface area contributed by atoms with Gasteiger partial charge in [0.2, 0.25) is 0 Å². The Hall–Kier alpha value is -1.86. The van der Waals surface area contributed by atoms with Gasteiger partial charge in [-0.05, 0) is 73.4 Å². The smallest absolute Gasteiger partial charge is 0.174 e. The number of nitrogens with one attached hydrogen (secondary N) is 1. The van der Waals surface area contributed by atoms with Gasteiger partial charge in [0, 0.05) is 29.9 Å². The maximum Gasteiger partial charge on any atom is 0.174 e. The molecular formula is C24H24Cl2N4S2. The first-order valence-corrected chi connectivity index (χ1v) is 12.8. The SMILES string of the molecule is CC1CCN(c2ccc(N3C(=S)N[C@@H](c4ccccn4)[C@@H]3c3ccc(Cl)s3)cc2Cl)CC1. The van der Waals surface area contributed by atoms with Gasteiger partial charge in [0.15, 0.2) is 5.11 Å². The van der Waals surface area contributed by atoms with Crippen molar-refractivity contribution in [2.24, 2.45) is 5.92 Å². The van der Waals surface area contributed by atoms with Gasteiger partial charge in [-0.2, -0.15) is 0 Å². The van der Waals surface area contributed by atoms with Crippen LogP contribution in [0.15, 0.2) is 54.7 Å². The molecule has 0 bridgehead atoms. The minimum absolute atomic E-state index is 0.0624. The quantitative estimate of drug-likeness (QED) is 0.393. The standard InChI is InChI=1S/C24H24Cl2N4S2/c1-15-9-12-29(13-10-15)19-6-5-16(14-17(19)25)30-23(20-7-8-21(26)32-20)22(28-24(30)31)18-4-2-3-11-27-18/h2-8,11,14-15,22-23H,9-10,12-13H2,1H3,(H,28,31)/t22-,23-/m0/s1. The van der Waals surface area contributed by atoms with Crippen LogP contribution < -0.4 is 15.1 Å². The van der Waals surface area contributed by atoms with Crippen molar-refractivity contribution in [3.8, 4) is 0 Å². The van der Waals surface area contributed by atoms with Gasteiger partial charge in [0.1, 0.15) is 0 Å². The molecule has 2 atom stereocenters. The zero-order valence-electron chi connectivity index (χ0n) is 17.7. The first-order valence-electron chi connectivity index (χ1n) is 10.8. The molecule has 1 aromatic carbocycles. The van der Waals surface area contributed by atoms with Crippen molar-refractivity contribution in [1.29, 1.82) is 0 Å². The molecule has 0 unspecified atom stereocenters. The lowest BCUT2D eigenvalue weighted by atomic mass is 9.98. The molecule has 2 aliphatic heterocycles. The van der Waals surface area contributed by atoms with Crippen LogP contribution in [-0.4, -0.2) is 23.2 Å². The molecule has 1 N–H and O–H groups in total. The topological polar surface area (TPSA) is 31.4 Å². The molecule has 0 spiro atoms. The number of benzene rings is 1. The highest BCUT2D eigenvalue weighted by Crippen LogP contribution is 2.45. The van der Waals surface area contributed by atoms with Crippen molar-refractivity contribution in [2.45, 2.75) is 31.8 Å². The first-order chi connectivity index (χ1) is 15.5. The van der Waals surface area contributed by atoms with Crippen molar-refractivity contribution in [3.63, 3.8) is 0 Å². The lowest BCUT2D eigenvalue weighted by Crippen LogP contribution is -2.33. The highest BCUT2D eigenvalue weighted by molar-refractivity contribution is 7.80. The van der Waals surface area contributed by atoms with Gasteiger partial charge in [-0.25, -0.2) is 0 Å². The molecule has 5 rings (SSSR count). The molecule has 166 valence electrons. The average Bonchev–Trinajstić information content (AvgIpc) is 3.38. The third-order valence-electron chi connectivity index (χ3n) is 6.32. The van der Waals surface area contributed by atoms with Crippen molar-refractivity contribution in [1.82, 2.24) is 10.3 Å². The van der Waals surface area contributed by atoms with Gasteiger partial charge in [0.05, 0.1) is 32.8 Å². The summed E-state index contributed by atoms with van der Waals surface area (Å²) in [6.45, 7) is 4.41. The third-order valence-corrected chi connectivity index (χ3v) is 8.24. The van der Waals surface area contributed by atoms with Crippen LogP contribution in [0, 0.1) is 5.92 Å². The summed E-state index contributed by atoms with van der Waals surface area (Å²) in [5.74, 6) is 0.777. The Balaban J connectivity index is 1.51. The number of hydrogen-bond acceptors (Lipinski definition) is 4. The van der Waals surface area contributed by atoms with E-state index >= 15 is 0 Å². The van der Waals surface area contributed by atoms with E-state index in [0.717, 1.165) is 50.3 Å². The summed E-state index contributed by atoms with van der Waals surface area (Å²) >= 11 is 20.5. The highest BCUT2D eigenvalue weighted by Gasteiger charge is 2.41. The summed E-state index contributed by atoms with van der Waals surface area (Å²) in [6, 6.07) is 16.1. The van der Waals surface area contributed by atoms with Gasteiger partial charge in [-0.1, -0.05) is 36.2 Å². The minimum atomic E-state index is -0.0829. The second-order valence-electron chi connectivity index (χ2n) is 8.44. The molecule has 4 nitrogen and oxygen atoms in total. The van der Waals surface area contributed by atoms with E-state index in [4.69, 9.17) is 35.4 Å². The monoisotopic (exact) mass is 502 g/mol. The number of anilines is 2. The van der Waals surface area contributed by atoms with Gasteiger partial charge < -0.3 is 15.1 Å². The van der Waals surface area contributed by atoms with E-state index in [1.165, 1.54) is 12.8 Å². The molecule has 2 fully saturated rings. The summed E-state index contributed by atoms with van der Waals surface area (Å²) in [5.41, 5.74) is 3.00. The van der Waals surface area contributed by atoms with Crippen LogP contribution in [0.1, 0.15) is 42.4 Å². The van der Waals surface area contributed by atoms with E-state index < -0.39 is 0 Å². The summed E-state index contributed by atoms with van der Waals surface area (Å²) < 4.78 is 0.755. The molecule has 0 saturated carbocycles. The fourth-order valence-electron chi connectivity index (χ4n) is 4.56. The van der Waals surface area contributed by atoms with E-state index in [9.17, 15) is 0 Å². The van der Waals surface area contributed by atoms with Crippen LogP contribution >= 0.6 is 46.8 Å². The van der Waals surface area contributed by atoms with E-state index in [0.29, 0.717) is 5.11 Å². The molecule has 2 aliphatic rings. The van der Waals surface area contributed by atoms with Gasteiger partial charge in [-0.15, -0.1) is 11.3 Å². The van der Waals surface area contributed by atoms with Crippen molar-refractivity contribution >= 4 is 63.2 Å². The van der Waals surface area contributed by atoms with Crippen LogP contribution in [0.25, 0.3) is 0 Å². The molecule has 0 radical (unpaired) electrons. The predicted molar refractivity (Wildman–Crippen MR) is 139 cm³/mol. The molecule has 2 aromatic heterocycles. The lowest BCUT2D eigenvalue weighted by molar-refractivity contribution is 0.438. The average molecular weight is 504 g/mol. The summed E-state index contributed by atoms with van der Waals surface area (Å²) in [4.78, 5) is 10.3. The normalized spacial score (nSPS) is 21.8. The molecule has 32 heavy (non-hydrogen) atoms. The first kappa shape index (κ1) is 22.0. The second kappa shape index (κ2) is 9.18. The number of halogens is 2. The molecular weight excluding hydrogens is 479 g/mol. The van der Waals surface area contributed by atoms with Crippen LogP contribution in [0.2, 0.25) is 9.36 Å². The molecule has 8 heteroatoms. The van der Waals surface area contributed by atoms with Gasteiger partial charge in [0.25, 0.3) is 0 Å². The van der Waals surface area contributed by atoms with Gasteiger partial charge in [-0.3, -0.25) is 4.98 Å². The van der Waals surface area contributed by atoms with Crippen molar-refractivity contribution < 1.29 is 0 Å². The largest absolute Gasteiger partial charge is 0.370 e. The number of hydrogen-bond donors (Lipinski definition) is 1. The number of pyridine rings is 1. The Labute approximate surface area is 208 Å². The Bertz CT molecular complexity index is 1110. The molecule has 2 saturated heterocycles. The van der Waals surface area contributed by atoms with Crippen LogP contribution in [0.4, 0.5) is 11.4 Å². The molecule has 0 aliphatic carbocycles. The van der Waals surface area contributed by atoms with E-state index in [1.54, 1.807) is 11.3 Å². The fraction of sp³-hybridized carbons (Fsp3) is 0.333. The maximum absolute atomic E-state index is 6.81. The Kier molecular flexibility index (Phi) is 6.30. The Morgan fingerprint density at radius 1 is 1.09 bits per heavy atom. The van der Waals surface area contributed by atoms with Crippen LogP contribution in [0.5, 0.6) is 0 Å². The molecule has 0 amide bonds. The zero-order chi connectivity index (χ0) is 22.2. The minimum Gasteiger partial charge on any atom is -0.370 e. The summed E-state index contributed by atoms with van der Waals surface area (Å²) in [7, 11) is 0. The van der Waals surface area contributed by atoms with E-state index in [-0.39, 0.29) is 12.1 Å². The van der Waals surface area contributed by atoms with E-state index in [2.05, 4.69) is 45.2 Å². The van der Waals surface area contributed by atoms with Crippen molar-refractivity contribution in [3.05, 3.63) is 74.7 Å². The third kappa shape index (κ3) is 4.21. The predicted octanol–water partition coefficient (Wildman–Crippen LogP) is 6.86.